The van der Waals surface area contributed by atoms with Gasteiger partial charge in [-0.2, -0.15) is 0 Å². The lowest BCUT2D eigenvalue weighted by Gasteiger charge is -2.51. The number of thioether (sulfide) groups is 1. The van der Waals surface area contributed by atoms with Crippen LogP contribution in [0.5, 0.6) is 0 Å². The average molecular weight is 229 g/mol. The number of nitrogens with two attached hydrogens (primary N) is 1. The van der Waals surface area contributed by atoms with Crippen LogP contribution >= 0.6 is 11.8 Å². The van der Waals surface area contributed by atoms with Gasteiger partial charge in [0, 0.05) is 12.3 Å². The lowest BCUT2D eigenvalue weighted by Crippen LogP contribution is -2.68. The number of amides is 1. The lowest BCUT2D eigenvalue weighted by atomic mass is 10.0. The van der Waals surface area contributed by atoms with Crippen LogP contribution in [0.1, 0.15) is 13.3 Å². The number of likely N-dealkylation sites (tertiary alicyclic amines) is 1. The molecule has 1 atom stereocenters. The Balaban J connectivity index is 1.90. The van der Waals surface area contributed by atoms with E-state index >= 15 is 0 Å². The van der Waals surface area contributed by atoms with Crippen molar-refractivity contribution in [2.24, 2.45) is 5.73 Å². The summed E-state index contributed by atoms with van der Waals surface area (Å²) >= 11 is 1.97. The van der Waals surface area contributed by atoms with Gasteiger partial charge in [0.25, 0.3) is 0 Å². The molecule has 0 aromatic heterocycles. The molecule has 4 nitrogen and oxygen atoms in total. The van der Waals surface area contributed by atoms with Crippen molar-refractivity contribution >= 4 is 17.7 Å². The molecule has 1 spiro atoms. The van der Waals surface area contributed by atoms with E-state index in [1.54, 1.807) is 0 Å². The van der Waals surface area contributed by atoms with Crippen molar-refractivity contribution in [1.29, 1.82) is 0 Å². The molecule has 2 rings (SSSR count). The summed E-state index contributed by atoms with van der Waals surface area (Å²) in [4.78, 5) is 16.2. The van der Waals surface area contributed by atoms with Crippen molar-refractivity contribution in [3.05, 3.63) is 0 Å². The molecule has 0 bridgehead atoms. The fourth-order valence-corrected chi connectivity index (χ4v) is 3.69. The molecule has 0 radical (unpaired) electrons. The molecule has 0 aliphatic carbocycles. The topological polar surface area (TPSA) is 49.6 Å². The first-order valence-electron chi connectivity index (χ1n) is 5.48. The summed E-state index contributed by atoms with van der Waals surface area (Å²) in [5.74, 6) is 1.29. The van der Waals surface area contributed by atoms with Gasteiger partial charge >= 0.3 is 0 Å². The fraction of sp³-hybridized carbons (Fsp3) is 0.900. The lowest BCUT2D eigenvalue weighted by molar-refractivity contribution is -0.140. The van der Waals surface area contributed by atoms with Gasteiger partial charge in [-0.3, -0.25) is 9.69 Å². The Kier molecular flexibility index (Phi) is 2.96. The smallest absolute Gasteiger partial charge is 0.239 e. The van der Waals surface area contributed by atoms with Gasteiger partial charge in [0.1, 0.15) is 4.87 Å². The van der Waals surface area contributed by atoms with Crippen LogP contribution in [0.25, 0.3) is 0 Å². The van der Waals surface area contributed by atoms with Gasteiger partial charge in [-0.1, -0.05) is 6.92 Å². The van der Waals surface area contributed by atoms with E-state index in [0.717, 1.165) is 26.1 Å². The first-order valence-corrected chi connectivity index (χ1v) is 6.47. The van der Waals surface area contributed by atoms with Gasteiger partial charge in [-0.05, 0) is 13.5 Å². The summed E-state index contributed by atoms with van der Waals surface area (Å²) in [6.45, 7) is 4.78. The molecule has 15 heavy (non-hydrogen) atoms. The van der Waals surface area contributed by atoms with E-state index in [1.165, 1.54) is 5.75 Å². The van der Waals surface area contributed by atoms with Gasteiger partial charge < -0.3 is 10.6 Å². The molecule has 0 aromatic carbocycles. The Morgan fingerprint density at radius 3 is 2.73 bits per heavy atom. The highest BCUT2D eigenvalue weighted by Crippen LogP contribution is 2.42. The highest BCUT2D eigenvalue weighted by molar-refractivity contribution is 8.01. The quantitative estimate of drug-likeness (QED) is 0.721. The molecule has 2 heterocycles. The van der Waals surface area contributed by atoms with Gasteiger partial charge in [-0.15, -0.1) is 11.8 Å². The minimum absolute atomic E-state index is 0.115. The monoisotopic (exact) mass is 229 g/mol. The molecule has 1 amide bonds. The van der Waals surface area contributed by atoms with Crippen molar-refractivity contribution in [1.82, 2.24) is 9.80 Å². The molecule has 2 aliphatic rings. The van der Waals surface area contributed by atoms with Gasteiger partial charge in [0.2, 0.25) is 5.91 Å². The molecule has 2 aliphatic heterocycles. The maximum atomic E-state index is 11.8. The number of nitrogens with zero attached hydrogens (tertiary/aromatic N) is 2. The predicted octanol–water partition coefficient (Wildman–Crippen LogP) is -0.0592. The van der Waals surface area contributed by atoms with Crippen LogP contribution in [-0.4, -0.2) is 59.1 Å². The molecular formula is C10H19N3OS. The van der Waals surface area contributed by atoms with Crippen molar-refractivity contribution in [2.45, 2.75) is 24.3 Å². The first-order chi connectivity index (χ1) is 7.09. The minimum Gasteiger partial charge on any atom is -0.336 e. The third-order valence-corrected chi connectivity index (χ3v) is 4.93. The second-order valence-corrected chi connectivity index (χ2v) is 5.88. The van der Waals surface area contributed by atoms with Crippen molar-refractivity contribution < 1.29 is 4.79 Å². The Labute approximate surface area is 95.2 Å². The standard InChI is InChI=1S/C10H19N3OS/c1-3-8(11)9(14)13-6-10(7-13)12(2)4-5-15-10/h8H,3-7,11H2,1-2H3/t8-/m0/s1. The van der Waals surface area contributed by atoms with E-state index in [-0.39, 0.29) is 16.8 Å². The molecule has 2 N–H and O–H groups in total. The van der Waals surface area contributed by atoms with E-state index in [4.69, 9.17) is 5.73 Å². The van der Waals surface area contributed by atoms with Gasteiger partial charge in [0.05, 0.1) is 19.1 Å². The fourth-order valence-electron chi connectivity index (χ4n) is 2.13. The molecule has 0 aromatic rings. The number of carbonyl (C=O) groups excluding carboxylic acids is 1. The number of carbonyl (C=O) groups is 1. The summed E-state index contributed by atoms with van der Waals surface area (Å²) in [5.41, 5.74) is 5.74. The predicted molar refractivity (Wildman–Crippen MR) is 62.7 cm³/mol. The largest absolute Gasteiger partial charge is 0.336 e. The first kappa shape index (κ1) is 11.2. The number of rotatable bonds is 2. The van der Waals surface area contributed by atoms with Crippen LogP contribution in [-0.2, 0) is 4.79 Å². The van der Waals surface area contributed by atoms with Crippen LogP contribution in [0.15, 0.2) is 0 Å². The summed E-state index contributed by atoms with van der Waals surface area (Å²) < 4.78 is 0. The molecule has 0 saturated carbocycles. The molecule has 86 valence electrons. The highest BCUT2D eigenvalue weighted by atomic mass is 32.2. The molecule has 0 unspecified atom stereocenters. The zero-order chi connectivity index (χ0) is 11.1. The van der Waals surface area contributed by atoms with Crippen LogP contribution < -0.4 is 5.73 Å². The zero-order valence-electron chi connectivity index (χ0n) is 9.40. The minimum atomic E-state index is -0.306. The van der Waals surface area contributed by atoms with Gasteiger partial charge in [-0.25, -0.2) is 0 Å². The normalized spacial score (nSPS) is 26.7. The molecular weight excluding hydrogens is 210 g/mol. The second kappa shape index (κ2) is 3.96. The summed E-state index contributed by atoms with van der Waals surface area (Å²) in [6.07, 6.45) is 0.727. The second-order valence-electron chi connectivity index (χ2n) is 4.43. The maximum Gasteiger partial charge on any atom is 0.239 e. The van der Waals surface area contributed by atoms with E-state index in [9.17, 15) is 4.79 Å². The molecule has 2 saturated heterocycles. The average Bonchev–Trinajstić information content (AvgIpc) is 2.55. The van der Waals surface area contributed by atoms with Crippen LogP contribution in [0, 0.1) is 0 Å². The van der Waals surface area contributed by atoms with Crippen LogP contribution in [0.4, 0.5) is 0 Å². The summed E-state index contributed by atoms with van der Waals surface area (Å²) in [5, 5.41) is 0. The van der Waals surface area contributed by atoms with E-state index in [1.807, 2.05) is 23.6 Å². The van der Waals surface area contributed by atoms with Crippen molar-refractivity contribution in [2.75, 3.05) is 32.4 Å². The SMILES string of the molecule is CC[C@H](N)C(=O)N1CC2(C1)SCCN2C. The maximum absolute atomic E-state index is 11.8. The van der Waals surface area contributed by atoms with Gasteiger partial charge in [0.15, 0.2) is 0 Å². The number of hydrogen-bond acceptors (Lipinski definition) is 4. The van der Waals surface area contributed by atoms with Crippen LogP contribution in [0.3, 0.4) is 0 Å². The summed E-state index contributed by atoms with van der Waals surface area (Å²) in [6, 6.07) is -0.306. The Morgan fingerprint density at radius 1 is 1.60 bits per heavy atom. The zero-order valence-corrected chi connectivity index (χ0v) is 10.2. The Bertz CT molecular complexity index is 265. The van der Waals surface area contributed by atoms with Crippen LogP contribution in [0.2, 0.25) is 0 Å². The van der Waals surface area contributed by atoms with E-state index < -0.39 is 0 Å². The van der Waals surface area contributed by atoms with Crippen molar-refractivity contribution in [3.8, 4) is 0 Å². The van der Waals surface area contributed by atoms with E-state index in [0.29, 0.717) is 0 Å². The Morgan fingerprint density at radius 2 is 2.27 bits per heavy atom. The number of likely N-dealkylation sites (N-methyl/N-ethyl adjacent to an activating group) is 1. The van der Waals surface area contributed by atoms with Crippen molar-refractivity contribution in [3.63, 3.8) is 0 Å². The Hall–Kier alpha value is -0.260. The van der Waals surface area contributed by atoms with E-state index in [2.05, 4.69) is 11.9 Å². The summed E-state index contributed by atoms with van der Waals surface area (Å²) in [7, 11) is 2.14. The molecule has 5 heteroatoms. The third kappa shape index (κ3) is 1.77. The highest BCUT2D eigenvalue weighted by Gasteiger charge is 2.51. The third-order valence-electron chi connectivity index (χ3n) is 3.44. The molecule has 2 fully saturated rings. The number of hydrogen-bond donors (Lipinski definition) is 1.